The van der Waals surface area contributed by atoms with Crippen LogP contribution in [0.15, 0.2) is 42.5 Å². The van der Waals surface area contributed by atoms with E-state index in [0.29, 0.717) is 38.9 Å². The summed E-state index contributed by atoms with van der Waals surface area (Å²) < 4.78 is 24.2. The van der Waals surface area contributed by atoms with Crippen LogP contribution in [0.4, 0.5) is 4.39 Å². The minimum absolute atomic E-state index is 0.0200. The molecule has 0 aromatic heterocycles. The van der Waals surface area contributed by atoms with Crippen LogP contribution < -0.4 is 14.8 Å². The lowest BCUT2D eigenvalue weighted by atomic mass is 10.1. The highest BCUT2D eigenvalue weighted by Crippen LogP contribution is 2.31. The van der Waals surface area contributed by atoms with E-state index in [-0.39, 0.29) is 11.7 Å². The van der Waals surface area contributed by atoms with Gasteiger partial charge < -0.3 is 14.8 Å². The van der Waals surface area contributed by atoms with Crippen molar-refractivity contribution in [3.63, 3.8) is 0 Å². The van der Waals surface area contributed by atoms with Gasteiger partial charge in [0, 0.05) is 19.1 Å². The number of fused-ring (bicyclic) bond motifs is 1. The number of benzene rings is 2. The normalized spacial score (nSPS) is 15.5. The summed E-state index contributed by atoms with van der Waals surface area (Å²) in [7, 11) is 0. The monoisotopic (exact) mass is 384 g/mol. The van der Waals surface area contributed by atoms with Gasteiger partial charge >= 0.3 is 0 Å². The van der Waals surface area contributed by atoms with E-state index in [1.165, 1.54) is 12.1 Å². The minimum atomic E-state index is -0.237. The Bertz CT molecular complexity index is 821. The number of halogens is 1. The van der Waals surface area contributed by atoms with E-state index in [0.717, 1.165) is 41.9 Å². The zero-order valence-corrected chi connectivity index (χ0v) is 15.8. The number of ether oxygens (including phenoxy) is 2. The highest BCUT2D eigenvalue weighted by molar-refractivity contribution is 5.78. The molecule has 2 aromatic carbocycles. The van der Waals surface area contributed by atoms with Crippen molar-refractivity contribution in [2.75, 3.05) is 26.3 Å². The number of nitrogens with one attached hydrogen (secondary N) is 1. The Hall–Kier alpha value is -2.60. The first-order valence-corrected chi connectivity index (χ1v) is 9.81. The van der Waals surface area contributed by atoms with Gasteiger partial charge in [-0.05, 0) is 54.7 Å². The zero-order valence-electron chi connectivity index (χ0n) is 15.8. The molecule has 6 heteroatoms. The molecule has 148 valence electrons. The third-order valence-electron chi connectivity index (χ3n) is 5.05. The lowest BCUT2D eigenvalue weighted by molar-refractivity contribution is -0.122. The van der Waals surface area contributed by atoms with Crippen molar-refractivity contribution in [3.8, 4) is 11.5 Å². The largest absolute Gasteiger partial charge is 0.486 e. The van der Waals surface area contributed by atoms with Crippen LogP contribution in [0, 0.1) is 5.82 Å². The van der Waals surface area contributed by atoms with E-state index in [1.807, 2.05) is 18.2 Å². The predicted octanol–water partition coefficient (Wildman–Crippen LogP) is 2.92. The maximum Gasteiger partial charge on any atom is 0.234 e. The Morgan fingerprint density at radius 2 is 1.75 bits per heavy atom. The molecular weight excluding hydrogens is 359 g/mol. The average Bonchev–Trinajstić information content (AvgIpc) is 3.54. The van der Waals surface area contributed by atoms with Gasteiger partial charge in [-0.25, -0.2) is 4.39 Å². The van der Waals surface area contributed by atoms with Crippen LogP contribution >= 0.6 is 0 Å². The molecule has 0 bridgehead atoms. The molecule has 1 amide bonds. The quantitative estimate of drug-likeness (QED) is 0.760. The summed E-state index contributed by atoms with van der Waals surface area (Å²) in [5.41, 5.74) is 2.13. The van der Waals surface area contributed by atoms with Crippen molar-refractivity contribution < 1.29 is 18.7 Å². The molecule has 5 nitrogen and oxygen atoms in total. The summed E-state index contributed by atoms with van der Waals surface area (Å²) in [5.74, 6) is 1.33. The number of carbonyl (C=O) groups excluding carboxylic acids is 1. The van der Waals surface area contributed by atoms with Gasteiger partial charge in [0.15, 0.2) is 11.5 Å². The summed E-state index contributed by atoms with van der Waals surface area (Å²) in [6, 6.07) is 12.9. The van der Waals surface area contributed by atoms with Crippen LogP contribution in [-0.2, 0) is 17.8 Å². The van der Waals surface area contributed by atoms with Crippen LogP contribution in [0.5, 0.6) is 11.5 Å². The van der Waals surface area contributed by atoms with Crippen molar-refractivity contribution in [2.24, 2.45) is 0 Å². The molecule has 28 heavy (non-hydrogen) atoms. The van der Waals surface area contributed by atoms with Gasteiger partial charge in [0.25, 0.3) is 0 Å². The van der Waals surface area contributed by atoms with Crippen LogP contribution in [-0.4, -0.2) is 43.2 Å². The molecule has 4 rings (SSSR count). The van der Waals surface area contributed by atoms with Gasteiger partial charge in [-0.3, -0.25) is 9.69 Å². The van der Waals surface area contributed by atoms with Crippen LogP contribution in [0.1, 0.15) is 24.0 Å². The second kappa shape index (κ2) is 8.61. The molecule has 1 aliphatic carbocycles. The van der Waals surface area contributed by atoms with E-state index in [2.05, 4.69) is 10.2 Å². The Morgan fingerprint density at radius 3 is 2.50 bits per heavy atom. The summed E-state index contributed by atoms with van der Waals surface area (Å²) in [6.45, 7) is 2.76. The average molecular weight is 384 g/mol. The number of nitrogens with zero attached hydrogens (tertiary/aromatic N) is 1. The fourth-order valence-corrected chi connectivity index (χ4v) is 3.41. The first kappa shape index (κ1) is 18.7. The maximum atomic E-state index is 13.1. The Morgan fingerprint density at radius 1 is 1.04 bits per heavy atom. The topological polar surface area (TPSA) is 50.8 Å². The van der Waals surface area contributed by atoms with E-state index in [9.17, 15) is 9.18 Å². The third kappa shape index (κ3) is 5.01. The van der Waals surface area contributed by atoms with Crippen molar-refractivity contribution in [3.05, 3.63) is 59.4 Å². The van der Waals surface area contributed by atoms with Gasteiger partial charge in [0.2, 0.25) is 5.91 Å². The Kier molecular flexibility index (Phi) is 5.76. The van der Waals surface area contributed by atoms with Crippen molar-refractivity contribution in [2.45, 2.75) is 31.8 Å². The second-order valence-corrected chi connectivity index (χ2v) is 7.34. The first-order chi connectivity index (χ1) is 13.7. The van der Waals surface area contributed by atoms with Gasteiger partial charge in [-0.15, -0.1) is 0 Å². The minimum Gasteiger partial charge on any atom is -0.486 e. The highest BCUT2D eigenvalue weighted by Gasteiger charge is 2.30. The number of hydrogen-bond acceptors (Lipinski definition) is 4. The van der Waals surface area contributed by atoms with E-state index in [4.69, 9.17) is 9.47 Å². The number of rotatable bonds is 8. The summed E-state index contributed by atoms with van der Waals surface area (Å²) >= 11 is 0. The van der Waals surface area contributed by atoms with Crippen LogP contribution in [0.25, 0.3) is 0 Å². The number of carbonyl (C=O) groups is 1. The van der Waals surface area contributed by atoms with E-state index < -0.39 is 0 Å². The Balaban J connectivity index is 1.25. The van der Waals surface area contributed by atoms with E-state index >= 15 is 0 Å². The highest BCUT2D eigenvalue weighted by atomic mass is 19.1. The fraction of sp³-hybridized carbons (Fsp3) is 0.409. The molecule has 2 aliphatic rings. The first-order valence-electron chi connectivity index (χ1n) is 9.81. The van der Waals surface area contributed by atoms with Crippen molar-refractivity contribution in [1.29, 1.82) is 0 Å². The van der Waals surface area contributed by atoms with Gasteiger partial charge in [0.05, 0.1) is 6.54 Å². The molecule has 0 radical (unpaired) electrons. The molecule has 1 N–H and O–H groups in total. The van der Waals surface area contributed by atoms with Crippen molar-refractivity contribution in [1.82, 2.24) is 10.2 Å². The second-order valence-electron chi connectivity index (χ2n) is 7.34. The van der Waals surface area contributed by atoms with Crippen LogP contribution in [0.2, 0.25) is 0 Å². The summed E-state index contributed by atoms with van der Waals surface area (Å²) in [4.78, 5) is 14.6. The zero-order chi connectivity index (χ0) is 19.3. The standard InChI is InChI=1S/C22H25FN2O3/c23-18-4-1-17(2-5-18)14-25(19-6-7-19)15-22(26)24-10-9-16-3-8-20-21(13-16)28-12-11-27-20/h1-5,8,13,19H,6-7,9-12,14-15H2,(H,24,26). The smallest absolute Gasteiger partial charge is 0.234 e. The molecule has 2 aromatic rings. The number of amides is 1. The molecule has 1 aliphatic heterocycles. The Labute approximate surface area is 164 Å². The summed E-state index contributed by atoms with van der Waals surface area (Å²) in [5, 5.41) is 3.01. The molecule has 0 spiro atoms. The maximum absolute atomic E-state index is 13.1. The number of hydrogen-bond donors (Lipinski definition) is 1. The lowest BCUT2D eigenvalue weighted by Gasteiger charge is -2.21. The van der Waals surface area contributed by atoms with Gasteiger partial charge in [-0.2, -0.15) is 0 Å². The molecule has 0 atom stereocenters. The fourth-order valence-electron chi connectivity index (χ4n) is 3.41. The molecule has 0 unspecified atom stereocenters. The molecule has 0 saturated heterocycles. The molecule has 1 saturated carbocycles. The van der Waals surface area contributed by atoms with Gasteiger partial charge in [0.1, 0.15) is 19.0 Å². The third-order valence-corrected chi connectivity index (χ3v) is 5.05. The van der Waals surface area contributed by atoms with Crippen molar-refractivity contribution >= 4 is 5.91 Å². The SMILES string of the molecule is O=C(CN(Cc1ccc(F)cc1)C1CC1)NCCc1ccc2c(c1)OCCO2. The predicted molar refractivity (Wildman–Crippen MR) is 104 cm³/mol. The van der Waals surface area contributed by atoms with Crippen LogP contribution in [0.3, 0.4) is 0 Å². The lowest BCUT2D eigenvalue weighted by Crippen LogP contribution is -2.38. The summed E-state index contributed by atoms with van der Waals surface area (Å²) in [6.07, 6.45) is 2.97. The molecule has 1 heterocycles. The van der Waals surface area contributed by atoms with Gasteiger partial charge in [-0.1, -0.05) is 18.2 Å². The molecular formula is C22H25FN2O3. The van der Waals surface area contributed by atoms with E-state index in [1.54, 1.807) is 12.1 Å². The molecule has 1 fully saturated rings.